The number of thiophene rings is 1. The number of anilines is 1. The number of halogens is 2. The Morgan fingerprint density at radius 3 is 2.50 bits per heavy atom. The third kappa shape index (κ3) is 3.42. The van der Waals surface area contributed by atoms with E-state index in [2.05, 4.69) is 15.9 Å². The van der Waals surface area contributed by atoms with E-state index in [9.17, 15) is 14.7 Å². The highest BCUT2D eigenvalue weighted by Gasteiger charge is 2.50. The van der Waals surface area contributed by atoms with Gasteiger partial charge in [0.1, 0.15) is 0 Å². The number of ketones is 1. The van der Waals surface area contributed by atoms with Crippen LogP contribution in [0.2, 0.25) is 5.02 Å². The fourth-order valence-corrected chi connectivity index (χ4v) is 4.84. The van der Waals surface area contributed by atoms with Crippen molar-refractivity contribution >= 4 is 56.2 Å². The molecule has 2 aromatic carbocycles. The fraction of sp³-hybridized carbons (Fsp3) is 0.143. The van der Waals surface area contributed by atoms with E-state index < -0.39 is 11.5 Å². The molecule has 2 heterocycles. The molecule has 0 saturated heterocycles. The second kappa shape index (κ2) is 7.44. The number of benzene rings is 2. The Morgan fingerprint density at radius 2 is 1.82 bits per heavy atom. The van der Waals surface area contributed by atoms with Gasteiger partial charge in [0, 0.05) is 10.6 Å². The average molecular weight is 477 g/mol. The molecule has 0 unspecified atom stereocenters. The molecule has 7 heteroatoms. The summed E-state index contributed by atoms with van der Waals surface area (Å²) in [5, 5.41) is 11.9. The summed E-state index contributed by atoms with van der Waals surface area (Å²) in [6.07, 6.45) is -0.299. The van der Waals surface area contributed by atoms with Gasteiger partial charge in [-0.15, -0.1) is 11.3 Å². The lowest BCUT2D eigenvalue weighted by Gasteiger charge is -2.22. The molecule has 1 N–H and O–H groups in total. The van der Waals surface area contributed by atoms with Crippen molar-refractivity contribution in [3.63, 3.8) is 0 Å². The molecule has 3 aromatic rings. The number of nitrogens with zero attached hydrogens (tertiary/aromatic N) is 1. The molecule has 1 aliphatic heterocycles. The number of carbonyl (C=O) groups excluding carboxylic acids is 2. The molecular formula is C21H15BrClNO3S. The predicted octanol–water partition coefficient (Wildman–Crippen LogP) is 5.17. The van der Waals surface area contributed by atoms with Crippen molar-refractivity contribution in [1.29, 1.82) is 0 Å². The van der Waals surface area contributed by atoms with Crippen molar-refractivity contribution in [2.45, 2.75) is 18.6 Å². The first kappa shape index (κ1) is 19.3. The van der Waals surface area contributed by atoms with Gasteiger partial charge in [-0.25, -0.2) is 0 Å². The summed E-state index contributed by atoms with van der Waals surface area (Å²) in [6, 6.07) is 17.7. The minimum absolute atomic E-state index is 0.269. The van der Waals surface area contributed by atoms with Gasteiger partial charge in [-0.3, -0.25) is 9.59 Å². The predicted molar refractivity (Wildman–Crippen MR) is 114 cm³/mol. The maximum Gasteiger partial charge on any atom is 0.264 e. The van der Waals surface area contributed by atoms with Gasteiger partial charge in [0.2, 0.25) is 0 Å². The molecular weight excluding hydrogens is 462 g/mol. The van der Waals surface area contributed by atoms with Gasteiger partial charge in [0.05, 0.1) is 27.3 Å². The smallest absolute Gasteiger partial charge is 0.264 e. The lowest BCUT2D eigenvalue weighted by molar-refractivity contribution is -0.136. The minimum atomic E-state index is -1.88. The van der Waals surface area contributed by atoms with Gasteiger partial charge in [-0.2, -0.15) is 0 Å². The van der Waals surface area contributed by atoms with Gasteiger partial charge in [-0.1, -0.05) is 41.9 Å². The van der Waals surface area contributed by atoms with Crippen molar-refractivity contribution in [3.05, 3.63) is 85.5 Å². The molecule has 0 saturated carbocycles. The van der Waals surface area contributed by atoms with E-state index >= 15 is 0 Å². The molecule has 1 aromatic heterocycles. The monoisotopic (exact) mass is 475 g/mol. The Morgan fingerprint density at radius 1 is 1.11 bits per heavy atom. The SMILES string of the molecule is O=C(C[C@@]1(O)C(=O)N(Cc2ccc(Cl)cc2)c2ccccc21)c1ccc(Br)s1. The first-order chi connectivity index (χ1) is 13.4. The zero-order valence-electron chi connectivity index (χ0n) is 14.6. The van der Waals surface area contributed by atoms with Gasteiger partial charge >= 0.3 is 0 Å². The maximum atomic E-state index is 13.2. The normalized spacial score (nSPS) is 18.4. The van der Waals surface area contributed by atoms with Crippen LogP contribution in [0.3, 0.4) is 0 Å². The summed E-state index contributed by atoms with van der Waals surface area (Å²) in [6.45, 7) is 0.286. The highest BCUT2D eigenvalue weighted by atomic mass is 79.9. The Labute approximate surface area is 179 Å². The van der Waals surface area contributed by atoms with Gasteiger partial charge < -0.3 is 10.0 Å². The average Bonchev–Trinajstić information content (AvgIpc) is 3.20. The zero-order chi connectivity index (χ0) is 19.9. The van der Waals surface area contributed by atoms with Crippen molar-refractivity contribution < 1.29 is 14.7 Å². The van der Waals surface area contributed by atoms with E-state index in [1.807, 2.05) is 18.2 Å². The lowest BCUT2D eigenvalue weighted by atomic mass is 9.89. The molecule has 1 atom stereocenters. The molecule has 0 aliphatic carbocycles. The first-order valence-electron chi connectivity index (χ1n) is 8.55. The third-order valence-electron chi connectivity index (χ3n) is 4.76. The van der Waals surface area contributed by atoms with Gasteiger partial charge in [0.25, 0.3) is 5.91 Å². The number of hydrogen-bond donors (Lipinski definition) is 1. The largest absolute Gasteiger partial charge is 0.375 e. The second-order valence-electron chi connectivity index (χ2n) is 6.60. The number of para-hydroxylation sites is 1. The van der Waals surface area contributed by atoms with Crippen molar-refractivity contribution in [2.24, 2.45) is 0 Å². The van der Waals surface area contributed by atoms with Crippen LogP contribution < -0.4 is 4.90 Å². The minimum Gasteiger partial charge on any atom is -0.375 e. The number of Topliss-reactive ketones (excluding diaryl/α,β-unsaturated/α-hetero) is 1. The Hall–Kier alpha value is -1.99. The number of rotatable bonds is 5. The van der Waals surface area contributed by atoms with E-state index in [0.29, 0.717) is 21.2 Å². The summed E-state index contributed by atoms with van der Waals surface area (Å²) in [7, 11) is 0. The number of carbonyl (C=O) groups is 2. The number of fused-ring (bicyclic) bond motifs is 1. The van der Waals surface area contributed by atoms with Crippen LogP contribution in [0.1, 0.15) is 27.2 Å². The summed E-state index contributed by atoms with van der Waals surface area (Å²) in [5.41, 5.74) is 0.0738. The molecule has 0 radical (unpaired) electrons. The van der Waals surface area contributed by atoms with Crippen LogP contribution in [0.15, 0.2) is 64.5 Å². The number of hydrogen-bond acceptors (Lipinski definition) is 4. The molecule has 0 bridgehead atoms. The molecule has 1 aliphatic rings. The van der Waals surface area contributed by atoms with Crippen molar-refractivity contribution in [3.8, 4) is 0 Å². The molecule has 28 heavy (non-hydrogen) atoms. The molecule has 4 nitrogen and oxygen atoms in total. The Balaban J connectivity index is 1.67. The molecule has 142 valence electrons. The van der Waals surface area contributed by atoms with E-state index in [0.717, 1.165) is 9.35 Å². The topological polar surface area (TPSA) is 57.6 Å². The zero-order valence-corrected chi connectivity index (χ0v) is 17.7. The summed E-state index contributed by atoms with van der Waals surface area (Å²) in [4.78, 5) is 28.0. The Bertz CT molecular complexity index is 1070. The van der Waals surface area contributed by atoms with Crippen molar-refractivity contribution in [1.82, 2.24) is 0 Å². The molecule has 0 fully saturated rings. The maximum absolute atomic E-state index is 13.2. The molecule has 4 rings (SSSR count). The van der Waals surface area contributed by atoms with Crippen LogP contribution in [0.4, 0.5) is 5.69 Å². The van der Waals surface area contributed by atoms with Gasteiger partial charge in [0.15, 0.2) is 11.4 Å². The highest BCUT2D eigenvalue weighted by Crippen LogP contribution is 2.44. The summed E-state index contributed by atoms with van der Waals surface area (Å²) >= 11 is 10.6. The van der Waals surface area contributed by atoms with Crippen molar-refractivity contribution in [2.75, 3.05) is 4.90 Å². The van der Waals surface area contributed by atoms with Crippen LogP contribution in [0.5, 0.6) is 0 Å². The van der Waals surface area contributed by atoms with Crippen LogP contribution >= 0.6 is 38.9 Å². The van der Waals surface area contributed by atoms with E-state index in [-0.39, 0.29) is 18.7 Å². The standard InChI is InChI=1S/C21H15BrClNO3S/c22-19-10-9-18(28-19)17(25)11-21(27)15-3-1-2-4-16(15)24(20(21)26)12-13-5-7-14(23)8-6-13/h1-10,27H,11-12H2/t21-/m0/s1. The summed E-state index contributed by atoms with van der Waals surface area (Å²) < 4.78 is 0.824. The van der Waals surface area contributed by atoms with Crippen LogP contribution in [0.25, 0.3) is 0 Å². The van der Waals surface area contributed by atoms with E-state index in [4.69, 9.17) is 11.6 Å². The lowest BCUT2D eigenvalue weighted by Crippen LogP contribution is -2.41. The quantitative estimate of drug-likeness (QED) is 0.517. The molecule has 0 spiro atoms. The fourth-order valence-electron chi connectivity index (χ4n) is 3.39. The number of aliphatic hydroxyl groups is 1. The second-order valence-corrected chi connectivity index (χ2v) is 9.50. The van der Waals surface area contributed by atoms with E-state index in [1.54, 1.807) is 42.5 Å². The van der Waals surface area contributed by atoms with Crippen LogP contribution in [0, 0.1) is 0 Å². The molecule has 1 amide bonds. The Kier molecular flexibility index (Phi) is 5.14. The van der Waals surface area contributed by atoms with E-state index in [1.165, 1.54) is 16.2 Å². The third-order valence-corrected chi connectivity index (χ3v) is 6.67. The van der Waals surface area contributed by atoms with Crippen LogP contribution in [-0.4, -0.2) is 16.8 Å². The number of amides is 1. The summed E-state index contributed by atoms with van der Waals surface area (Å²) in [5.74, 6) is -0.762. The van der Waals surface area contributed by atoms with Crippen LogP contribution in [-0.2, 0) is 16.9 Å². The highest BCUT2D eigenvalue weighted by molar-refractivity contribution is 9.11. The first-order valence-corrected chi connectivity index (χ1v) is 10.5. The van der Waals surface area contributed by atoms with Gasteiger partial charge in [-0.05, 0) is 51.8 Å².